The summed E-state index contributed by atoms with van der Waals surface area (Å²) in [5.41, 5.74) is 1.65. The number of carbonyl (C=O) groups is 1. The number of para-hydroxylation sites is 1. The molecule has 23 heavy (non-hydrogen) atoms. The zero-order chi connectivity index (χ0) is 16.5. The van der Waals surface area contributed by atoms with Crippen LogP contribution in [-0.4, -0.2) is 36.2 Å². The predicted molar refractivity (Wildman–Crippen MR) is 91.3 cm³/mol. The van der Waals surface area contributed by atoms with E-state index < -0.39 is 0 Å². The van der Waals surface area contributed by atoms with Crippen LogP contribution in [0.1, 0.15) is 25.1 Å². The van der Waals surface area contributed by atoms with Crippen LogP contribution in [0.2, 0.25) is 0 Å². The summed E-state index contributed by atoms with van der Waals surface area (Å²) in [5, 5.41) is 2.94. The average molecular weight is 313 g/mol. The van der Waals surface area contributed by atoms with Crippen LogP contribution >= 0.6 is 0 Å². The summed E-state index contributed by atoms with van der Waals surface area (Å²) >= 11 is 0. The van der Waals surface area contributed by atoms with Crippen LogP contribution in [-0.2, 0) is 4.74 Å². The van der Waals surface area contributed by atoms with Gasteiger partial charge in [0.25, 0.3) is 0 Å². The van der Waals surface area contributed by atoms with Gasteiger partial charge in [-0.3, -0.25) is 4.98 Å². The maximum atomic E-state index is 12.7. The third-order valence-corrected chi connectivity index (χ3v) is 3.62. The summed E-state index contributed by atoms with van der Waals surface area (Å²) in [4.78, 5) is 18.8. The molecule has 1 heterocycles. The molecule has 0 spiro atoms. The monoisotopic (exact) mass is 313 g/mol. The number of benzene rings is 1. The number of urea groups is 1. The maximum absolute atomic E-state index is 12.7. The van der Waals surface area contributed by atoms with Crippen molar-refractivity contribution in [1.29, 1.82) is 0 Å². The Kier molecular flexibility index (Phi) is 6.56. The molecule has 122 valence electrons. The minimum atomic E-state index is -0.134. The smallest absolute Gasteiger partial charge is 0.322 e. The van der Waals surface area contributed by atoms with Crippen molar-refractivity contribution >= 4 is 11.7 Å². The highest BCUT2D eigenvalue weighted by atomic mass is 16.5. The fourth-order valence-corrected chi connectivity index (χ4v) is 2.35. The molecule has 2 aromatic rings. The van der Waals surface area contributed by atoms with Gasteiger partial charge in [-0.05, 0) is 37.6 Å². The standard InChI is InChI=1S/C18H23N3O2/c1-15(17-11-6-7-12-19-17)21(13-8-14-23-2)18(22)20-16-9-4-3-5-10-16/h3-7,9-12,15H,8,13-14H2,1-2H3,(H,20,22). The third kappa shape index (κ3) is 5.07. The Morgan fingerprint density at radius 3 is 2.61 bits per heavy atom. The number of amides is 2. The summed E-state index contributed by atoms with van der Waals surface area (Å²) in [6, 6.07) is 14.9. The van der Waals surface area contributed by atoms with Gasteiger partial charge >= 0.3 is 6.03 Å². The molecule has 0 aliphatic carbocycles. The normalized spacial score (nSPS) is 11.7. The van der Waals surface area contributed by atoms with Crippen LogP contribution in [0.5, 0.6) is 0 Å². The maximum Gasteiger partial charge on any atom is 0.322 e. The SMILES string of the molecule is COCCCN(C(=O)Nc1ccccc1)C(C)c1ccccn1. The first-order valence-corrected chi connectivity index (χ1v) is 7.75. The number of nitrogens with one attached hydrogen (secondary N) is 1. The first kappa shape index (κ1) is 17.0. The number of anilines is 1. The fourth-order valence-electron chi connectivity index (χ4n) is 2.35. The molecule has 0 fully saturated rings. The van der Waals surface area contributed by atoms with Gasteiger partial charge in [0.1, 0.15) is 0 Å². The van der Waals surface area contributed by atoms with Gasteiger partial charge in [-0.15, -0.1) is 0 Å². The Morgan fingerprint density at radius 2 is 1.96 bits per heavy atom. The molecule has 0 aliphatic heterocycles. The van der Waals surface area contributed by atoms with Crippen LogP contribution in [0.15, 0.2) is 54.7 Å². The second-order valence-corrected chi connectivity index (χ2v) is 5.27. The second-order valence-electron chi connectivity index (χ2n) is 5.27. The minimum absolute atomic E-state index is 0.114. The van der Waals surface area contributed by atoms with Crippen LogP contribution in [0.25, 0.3) is 0 Å². The molecule has 1 unspecified atom stereocenters. The van der Waals surface area contributed by atoms with Crippen molar-refractivity contribution in [2.45, 2.75) is 19.4 Å². The molecule has 0 radical (unpaired) electrons. The van der Waals surface area contributed by atoms with E-state index in [0.29, 0.717) is 13.2 Å². The summed E-state index contributed by atoms with van der Waals surface area (Å²) < 4.78 is 5.10. The highest BCUT2D eigenvalue weighted by molar-refractivity contribution is 5.89. The molecule has 2 rings (SSSR count). The van der Waals surface area contributed by atoms with Crippen molar-refractivity contribution < 1.29 is 9.53 Å². The number of aromatic nitrogens is 1. The van der Waals surface area contributed by atoms with Crippen LogP contribution < -0.4 is 5.32 Å². The van der Waals surface area contributed by atoms with E-state index in [1.807, 2.05) is 55.5 Å². The topological polar surface area (TPSA) is 54.5 Å². The molecular formula is C18H23N3O2. The molecule has 1 atom stereocenters. The van der Waals surface area contributed by atoms with Gasteiger partial charge < -0.3 is 15.0 Å². The van der Waals surface area contributed by atoms with E-state index >= 15 is 0 Å². The Labute approximate surface area is 137 Å². The quantitative estimate of drug-likeness (QED) is 0.793. The Balaban J connectivity index is 2.11. The summed E-state index contributed by atoms with van der Waals surface area (Å²) in [6.07, 6.45) is 2.52. The van der Waals surface area contributed by atoms with Gasteiger partial charge in [0.15, 0.2) is 0 Å². The highest BCUT2D eigenvalue weighted by Gasteiger charge is 2.22. The Bertz CT molecular complexity index is 590. The Morgan fingerprint density at radius 1 is 1.22 bits per heavy atom. The van der Waals surface area contributed by atoms with Crippen molar-refractivity contribution in [2.24, 2.45) is 0 Å². The van der Waals surface area contributed by atoms with E-state index in [0.717, 1.165) is 17.8 Å². The highest BCUT2D eigenvalue weighted by Crippen LogP contribution is 2.20. The number of ether oxygens (including phenoxy) is 1. The van der Waals surface area contributed by atoms with Crippen molar-refractivity contribution in [3.8, 4) is 0 Å². The number of pyridine rings is 1. The number of methoxy groups -OCH3 is 1. The van der Waals surface area contributed by atoms with Crippen molar-refractivity contribution in [3.05, 3.63) is 60.4 Å². The lowest BCUT2D eigenvalue weighted by Gasteiger charge is -2.29. The van der Waals surface area contributed by atoms with E-state index in [4.69, 9.17) is 4.74 Å². The van der Waals surface area contributed by atoms with Crippen molar-refractivity contribution in [3.63, 3.8) is 0 Å². The van der Waals surface area contributed by atoms with E-state index in [1.54, 1.807) is 18.2 Å². The largest absolute Gasteiger partial charge is 0.385 e. The molecule has 2 amide bonds. The molecule has 1 N–H and O–H groups in total. The lowest BCUT2D eigenvalue weighted by Crippen LogP contribution is -2.38. The van der Waals surface area contributed by atoms with E-state index in [-0.39, 0.29) is 12.1 Å². The summed E-state index contributed by atoms with van der Waals surface area (Å²) in [6.45, 7) is 3.20. The molecule has 1 aromatic carbocycles. The van der Waals surface area contributed by atoms with Crippen molar-refractivity contribution in [1.82, 2.24) is 9.88 Å². The van der Waals surface area contributed by atoms with E-state index in [9.17, 15) is 4.79 Å². The first-order valence-electron chi connectivity index (χ1n) is 7.75. The van der Waals surface area contributed by atoms with Gasteiger partial charge in [0, 0.05) is 32.1 Å². The Hall–Kier alpha value is -2.40. The number of nitrogens with zero attached hydrogens (tertiary/aromatic N) is 2. The molecule has 1 aromatic heterocycles. The molecule has 0 saturated heterocycles. The van der Waals surface area contributed by atoms with Gasteiger partial charge in [-0.2, -0.15) is 0 Å². The molecule has 0 aliphatic rings. The third-order valence-electron chi connectivity index (χ3n) is 3.62. The van der Waals surface area contributed by atoms with Crippen LogP contribution in [0.4, 0.5) is 10.5 Å². The molecule has 5 nitrogen and oxygen atoms in total. The van der Waals surface area contributed by atoms with Crippen LogP contribution in [0, 0.1) is 0 Å². The molecule has 0 bridgehead atoms. The van der Waals surface area contributed by atoms with Gasteiger partial charge in [-0.25, -0.2) is 4.79 Å². The molecule has 5 heteroatoms. The fraction of sp³-hybridized carbons (Fsp3) is 0.333. The number of hydrogen-bond donors (Lipinski definition) is 1. The lowest BCUT2D eigenvalue weighted by atomic mass is 10.2. The number of rotatable bonds is 7. The number of hydrogen-bond acceptors (Lipinski definition) is 3. The summed E-state index contributed by atoms with van der Waals surface area (Å²) in [7, 11) is 1.66. The van der Waals surface area contributed by atoms with E-state index in [2.05, 4.69) is 10.3 Å². The zero-order valence-corrected chi connectivity index (χ0v) is 13.6. The molecular weight excluding hydrogens is 290 g/mol. The van der Waals surface area contributed by atoms with Gasteiger partial charge in [-0.1, -0.05) is 24.3 Å². The van der Waals surface area contributed by atoms with Crippen molar-refractivity contribution in [2.75, 3.05) is 25.6 Å². The minimum Gasteiger partial charge on any atom is -0.385 e. The zero-order valence-electron chi connectivity index (χ0n) is 13.6. The summed E-state index contributed by atoms with van der Waals surface area (Å²) in [5.74, 6) is 0. The average Bonchev–Trinajstić information content (AvgIpc) is 2.60. The van der Waals surface area contributed by atoms with Gasteiger partial charge in [0.05, 0.1) is 11.7 Å². The molecule has 0 saturated carbocycles. The predicted octanol–water partition coefficient (Wildman–Crippen LogP) is 3.71. The van der Waals surface area contributed by atoms with Crippen LogP contribution in [0.3, 0.4) is 0 Å². The lowest BCUT2D eigenvalue weighted by molar-refractivity contribution is 0.160. The van der Waals surface area contributed by atoms with E-state index in [1.165, 1.54) is 0 Å². The van der Waals surface area contributed by atoms with Gasteiger partial charge in [0.2, 0.25) is 0 Å². The second kappa shape index (κ2) is 8.90. The first-order chi connectivity index (χ1) is 11.2. The number of carbonyl (C=O) groups excluding carboxylic acids is 1.